The van der Waals surface area contributed by atoms with E-state index in [1.165, 1.54) is 12.1 Å². The van der Waals surface area contributed by atoms with Crippen molar-refractivity contribution in [1.29, 1.82) is 0 Å². The highest BCUT2D eigenvalue weighted by Crippen LogP contribution is 2.33. The number of rotatable bonds is 2. The van der Waals surface area contributed by atoms with Gasteiger partial charge in [0.2, 0.25) is 9.84 Å². The zero-order valence-electron chi connectivity index (χ0n) is 8.90. The molecule has 106 valence electrons. The molecule has 0 aliphatic carbocycles. The molecule has 10 heteroatoms. The molecule has 0 saturated heterocycles. The second-order valence-electron chi connectivity index (χ2n) is 3.32. The van der Waals surface area contributed by atoms with E-state index in [-0.39, 0.29) is 10.6 Å². The first kappa shape index (κ1) is 16.1. The van der Waals surface area contributed by atoms with Crippen LogP contribution in [-0.2, 0) is 9.84 Å². The van der Waals surface area contributed by atoms with Gasteiger partial charge in [0.05, 0.1) is 0 Å². The lowest BCUT2D eigenvalue weighted by Crippen LogP contribution is -2.33. The van der Waals surface area contributed by atoms with Crippen molar-refractivity contribution >= 4 is 38.1 Å². The van der Waals surface area contributed by atoms with Gasteiger partial charge < -0.3 is 5.21 Å². The maximum absolute atomic E-state index is 12.4. The monoisotopic (exact) mass is 335 g/mol. The smallest absolute Gasteiger partial charge is 0.410 e. The number of hydrogen-bond donors (Lipinski definition) is 1. The molecule has 0 amide bonds. The van der Waals surface area contributed by atoms with Crippen LogP contribution in [0.2, 0.25) is 5.02 Å². The summed E-state index contributed by atoms with van der Waals surface area (Å²) >= 11 is 11.1. The van der Waals surface area contributed by atoms with E-state index in [1.54, 1.807) is 5.16 Å². The van der Waals surface area contributed by atoms with Gasteiger partial charge in [-0.3, -0.25) is 0 Å². The lowest BCUT2D eigenvalue weighted by Gasteiger charge is -2.14. The van der Waals surface area contributed by atoms with Crippen LogP contribution in [0.15, 0.2) is 29.4 Å². The van der Waals surface area contributed by atoms with E-state index in [9.17, 15) is 21.6 Å². The molecule has 1 rings (SSSR count). The molecule has 0 aromatic heterocycles. The summed E-state index contributed by atoms with van der Waals surface area (Å²) in [5.41, 5.74) is -0.128. The van der Waals surface area contributed by atoms with Crippen LogP contribution in [0.5, 0.6) is 0 Å². The molecular weight excluding hydrogens is 330 g/mol. The van der Waals surface area contributed by atoms with E-state index in [4.69, 9.17) is 28.4 Å². The van der Waals surface area contributed by atoms with Crippen LogP contribution in [0.25, 0.3) is 0 Å². The quantitative estimate of drug-likeness (QED) is 0.296. The van der Waals surface area contributed by atoms with Crippen LogP contribution < -0.4 is 0 Å². The largest absolute Gasteiger partial charge is 0.448 e. The normalized spacial score (nSPS) is 15.3. The van der Waals surface area contributed by atoms with Crippen molar-refractivity contribution in [2.75, 3.05) is 0 Å². The van der Waals surface area contributed by atoms with Crippen LogP contribution in [0.4, 0.5) is 13.2 Å². The predicted octanol–water partition coefficient (Wildman–Crippen LogP) is 3.34. The minimum Gasteiger partial charge on any atom is -0.410 e. The number of hydrogen-bond acceptors (Lipinski definition) is 4. The Balaban J connectivity index is 3.24. The molecule has 1 unspecified atom stereocenters. The van der Waals surface area contributed by atoms with Gasteiger partial charge in [0.1, 0.15) is 0 Å². The van der Waals surface area contributed by atoms with E-state index in [2.05, 4.69) is 0 Å². The summed E-state index contributed by atoms with van der Waals surface area (Å²) in [5.74, 6) is 0. The minimum atomic E-state index is -5.34. The number of alkyl halides is 4. The summed E-state index contributed by atoms with van der Waals surface area (Å²) < 4.78 is 58.4. The van der Waals surface area contributed by atoms with E-state index in [1.807, 2.05) is 0 Å². The van der Waals surface area contributed by atoms with Crippen molar-refractivity contribution in [2.45, 2.75) is 10.9 Å². The van der Waals surface area contributed by atoms with Crippen LogP contribution >= 0.6 is 23.2 Å². The fraction of sp³-hybridized carbons (Fsp3) is 0.222. The second-order valence-corrected chi connectivity index (χ2v) is 6.40. The van der Waals surface area contributed by atoms with Gasteiger partial charge in [-0.1, -0.05) is 40.5 Å². The molecule has 1 aromatic rings. The van der Waals surface area contributed by atoms with Crippen LogP contribution in [0.1, 0.15) is 10.3 Å². The Morgan fingerprint density at radius 1 is 1.26 bits per heavy atom. The Morgan fingerprint density at radius 3 is 2.11 bits per heavy atom. The summed E-state index contributed by atoms with van der Waals surface area (Å²) in [7, 11) is -5.08. The van der Waals surface area contributed by atoms with Crippen molar-refractivity contribution in [3.8, 4) is 0 Å². The number of benzene rings is 1. The molecule has 1 aromatic carbocycles. The Labute approximate surface area is 116 Å². The maximum atomic E-state index is 12.4. The predicted molar refractivity (Wildman–Crippen MR) is 64.2 cm³/mol. The lowest BCUT2D eigenvalue weighted by molar-refractivity contribution is -0.0578. The summed E-state index contributed by atoms with van der Waals surface area (Å²) in [5, 5.41) is 7.94. The number of sulfone groups is 1. The van der Waals surface area contributed by atoms with Crippen molar-refractivity contribution in [2.24, 2.45) is 5.16 Å². The minimum absolute atomic E-state index is 0.128. The standard InChI is InChI=1S/C9H6Cl2F3NO3S/c10-6-3-1-5(2-4-6)7(11)19(17,18)8(15-16)9(12,13)14/h1-4,7,16H/b15-8+. The Bertz CT molecular complexity index is 584. The fourth-order valence-corrected chi connectivity index (χ4v) is 2.84. The number of halogens is 5. The molecule has 0 spiro atoms. The fourth-order valence-electron chi connectivity index (χ4n) is 1.17. The first-order chi connectivity index (χ1) is 8.60. The third-order valence-electron chi connectivity index (χ3n) is 2.01. The van der Waals surface area contributed by atoms with Crippen molar-refractivity contribution in [3.05, 3.63) is 34.9 Å². The van der Waals surface area contributed by atoms with Crippen molar-refractivity contribution in [1.82, 2.24) is 0 Å². The number of oxime groups is 1. The van der Waals surface area contributed by atoms with E-state index >= 15 is 0 Å². The van der Waals surface area contributed by atoms with Gasteiger partial charge in [-0.25, -0.2) is 8.42 Å². The van der Waals surface area contributed by atoms with Gasteiger partial charge in [-0.05, 0) is 17.7 Å². The third-order valence-corrected chi connectivity index (χ3v) is 4.88. The highest BCUT2D eigenvalue weighted by atomic mass is 35.5. The van der Waals surface area contributed by atoms with E-state index in [0.29, 0.717) is 0 Å². The van der Waals surface area contributed by atoms with Gasteiger partial charge in [-0.15, -0.1) is 0 Å². The van der Waals surface area contributed by atoms with Crippen LogP contribution in [0.3, 0.4) is 0 Å². The Kier molecular flexibility index (Phi) is 4.70. The highest BCUT2D eigenvalue weighted by Gasteiger charge is 2.49. The van der Waals surface area contributed by atoms with Gasteiger partial charge in [-0.2, -0.15) is 13.2 Å². The molecule has 0 aliphatic heterocycles. The van der Waals surface area contributed by atoms with E-state index < -0.39 is 25.8 Å². The summed E-state index contributed by atoms with van der Waals surface area (Å²) in [6.07, 6.45) is -5.34. The van der Waals surface area contributed by atoms with E-state index in [0.717, 1.165) is 12.1 Å². The molecule has 0 heterocycles. The lowest BCUT2D eigenvalue weighted by atomic mass is 10.2. The third kappa shape index (κ3) is 3.52. The maximum Gasteiger partial charge on any atom is 0.448 e. The summed E-state index contributed by atoms with van der Waals surface area (Å²) in [6, 6.07) is 4.85. The average Bonchev–Trinajstić information content (AvgIpc) is 2.27. The molecule has 0 fully saturated rings. The van der Waals surface area contributed by atoms with Gasteiger partial charge in [0, 0.05) is 5.02 Å². The topological polar surface area (TPSA) is 66.7 Å². The summed E-state index contributed by atoms with van der Waals surface area (Å²) in [4.78, 5) is 0. The SMILES string of the molecule is O=S(=O)(/C(=N/O)C(F)(F)F)C(Cl)c1ccc(Cl)cc1. The van der Waals surface area contributed by atoms with Crippen molar-refractivity contribution < 1.29 is 26.8 Å². The first-order valence-corrected chi connectivity index (χ1v) is 6.89. The molecule has 19 heavy (non-hydrogen) atoms. The molecule has 0 saturated carbocycles. The van der Waals surface area contributed by atoms with Crippen molar-refractivity contribution in [3.63, 3.8) is 0 Å². The molecule has 0 radical (unpaired) electrons. The Morgan fingerprint density at radius 2 is 1.74 bits per heavy atom. The molecular formula is C9H6Cl2F3NO3S. The van der Waals surface area contributed by atoms with Gasteiger partial charge >= 0.3 is 6.18 Å². The molecule has 1 atom stereocenters. The zero-order chi connectivity index (χ0) is 14.8. The second kappa shape index (κ2) is 5.56. The Hall–Kier alpha value is -0.990. The van der Waals surface area contributed by atoms with Gasteiger partial charge in [0.15, 0.2) is 4.71 Å². The average molecular weight is 336 g/mol. The zero-order valence-corrected chi connectivity index (χ0v) is 11.2. The molecule has 1 N–H and O–H groups in total. The molecule has 0 aliphatic rings. The summed E-state index contributed by atoms with van der Waals surface area (Å²) in [6.45, 7) is 0. The van der Waals surface area contributed by atoms with Crippen LogP contribution in [0, 0.1) is 0 Å². The highest BCUT2D eigenvalue weighted by molar-refractivity contribution is 8.07. The molecule has 0 bridgehead atoms. The number of nitrogens with zero attached hydrogens (tertiary/aromatic N) is 1. The molecule has 4 nitrogen and oxygen atoms in total. The van der Waals surface area contributed by atoms with Crippen LogP contribution in [-0.4, -0.2) is 24.8 Å². The van der Waals surface area contributed by atoms with Gasteiger partial charge in [0.25, 0.3) is 5.04 Å². The first-order valence-electron chi connectivity index (χ1n) is 4.53.